The van der Waals surface area contributed by atoms with E-state index in [-0.39, 0.29) is 11.8 Å². The van der Waals surface area contributed by atoms with Gasteiger partial charge >= 0.3 is 0 Å². The zero-order valence-corrected chi connectivity index (χ0v) is 18.5. The number of amides is 2. The van der Waals surface area contributed by atoms with Crippen LogP contribution in [-0.2, 0) is 11.2 Å². The Morgan fingerprint density at radius 1 is 1.06 bits per heavy atom. The summed E-state index contributed by atoms with van der Waals surface area (Å²) < 4.78 is 10.7. The number of hydrazone groups is 1. The van der Waals surface area contributed by atoms with Gasteiger partial charge in [-0.05, 0) is 48.4 Å². The van der Waals surface area contributed by atoms with Crippen LogP contribution in [0.3, 0.4) is 0 Å². The van der Waals surface area contributed by atoms with E-state index in [0.717, 1.165) is 16.8 Å². The lowest BCUT2D eigenvalue weighted by atomic mass is 10.0. The third-order valence-electron chi connectivity index (χ3n) is 5.38. The number of nitrogens with one attached hydrogen (secondary N) is 2. The molecule has 1 aliphatic rings. The van der Waals surface area contributed by atoms with Gasteiger partial charge in [-0.1, -0.05) is 12.1 Å². The number of aromatic amines is 1. The van der Waals surface area contributed by atoms with Crippen LogP contribution in [0, 0.1) is 0 Å². The summed E-state index contributed by atoms with van der Waals surface area (Å²) in [4.78, 5) is 24.5. The maximum Gasteiger partial charge on any atom is 0.276 e. The Morgan fingerprint density at radius 3 is 2.55 bits per heavy atom. The summed E-state index contributed by atoms with van der Waals surface area (Å²) in [5.41, 5.74) is 3.78. The van der Waals surface area contributed by atoms with Crippen LogP contribution < -0.4 is 14.8 Å². The minimum absolute atomic E-state index is 0.00196. The molecule has 1 aliphatic heterocycles. The van der Waals surface area contributed by atoms with Gasteiger partial charge in [-0.3, -0.25) is 14.7 Å². The van der Waals surface area contributed by atoms with Gasteiger partial charge in [0.15, 0.2) is 11.5 Å². The monoisotopic (exact) mass is 447 g/mol. The van der Waals surface area contributed by atoms with Gasteiger partial charge in [0.1, 0.15) is 5.69 Å². The molecule has 9 heteroatoms. The topological polar surface area (TPSA) is 109 Å². The number of methoxy groups -OCH3 is 2. The quantitative estimate of drug-likeness (QED) is 0.551. The Bertz CT molecular complexity index is 1160. The third-order valence-corrected chi connectivity index (χ3v) is 5.38. The third kappa shape index (κ3) is 5.20. The van der Waals surface area contributed by atoms with Crippen LogP contribution in [-0.4, -0.2) is 53.5 Å². The zero-order valence-electron chi connectivity index (χ0n) is 18.5. The largest absolute Gasteiger partial charge is 0.493 e. The van der Waals surface area contributed by atoms with Crippen molar-refractivity contribution in [3.8, 4) is 11.5 Å². The van der Waals surface area contributed by atoms with Crippen molar-refractivity contribution >= 4 is 23.2 Å². The van der Waals surface area contributed by atoms with E-state index in [4.69, 9.17) is 9.47 Å². The van der Waals surface area contributed by atoms with Gasteiger partial charge in [0.05, 0.1) is 19.9 Å². The van der Waals surface area contributed by atoms with Crippen LogP contribution in [0.15, 0.2) is 59.8 Å². The lowest BCUT2D eigenvalue weighted by Crippen LogP contribution is -2.33. The van der Waals surface area contributed by atoms with Gasteiger partial charge in [-0.25, -0.2) is 5.01 Å². The Kier molecular flexibility index (Phi) is 6.68. The number of ether oxygens (including phenoxy) is 2. The van der Waals surface area contributed by atoms with E-state index in [1.54, 1.807) is 26.5 Å². The van der Waals surface area contributed by atoms with E-state index in [1.165, 1.54) is 5.01 Å². The Hall–Kier alpha value is -4.14. The molecule has 0 spiro atoms. The number of H-pyrrole nitrogens is 1. The van der Waals surface area contributed by atoms with Crippen molar-refractivity contribution < 1.29 is 19.1 Å². The van der Waals surface area contributed by atoms with Crippen molar-refractivity contribution in [1.29, 1.82) is 0 Å². The molecule has 3 aromatic rings. The van der Waals surface area contributed by atoms with Gasteiger partial charge < -0.3 is 14.8 Å². The van der Waals surface area contributed by atoms with Crippen LogP contribution in [0.2, 0.25) is 0 Å². The fraction of sp³-hybridized carbons (Fsp3) is 0.250. The summed E-state index contributed by atoms with van der Waals surface area (Å²) in [6.07, 6.45) is 3.22. The molecule has 0 aliphatic carbocycles. The first-order valence-corrected chi connectivity index (χ1v) is 10.6. The van der Waals surface area contributed by atoms with Gasteiger partial charge in [0.25, 0.3) is 5.91 Å². The molecule has 2 heterocycles. The second-order valence-corrected chi connectivity index (χ2v) is 7.49. The first-order valence-electron chi connectivity index (χ1n) is 10.6. The maximum atomic E-state index is 12.4. The lowest BCUT2D eigenvalue weighted by Gasteiger charge is -2.24. The van der Waals surface area contributed by atoms with E-state index in [0.29, 0.717) is 48.7 Å². The van der Waals surface area contributed by atoms with Crippen molar-refractivity contribution in [1.82, 2.24) is 15.2 Å². The first-order chi connectivity index (χ1) is 16.1. The molecule has 4 rings (SSSR count). The van der Waals surface area contributed by atoms with Gasteiger partial charge in [-0.15, -0.1) is 0 Å². The summed E-state index contributed by atoms with van der Waals surface area (Å²) >= 11 is 0. The second kappa shape index (κ2) is 9.99. The molecule has 2 amide bonds. The minimum atomic E-state index is -0.278. The van der Waals surface area contributed by atoms with Crippen molar-refractivity contribution in [2.24, 2.45) is 5.10 Å². The molecule has 9 nitrogen and oxygen atoms in total. The molecule has 0 radical (unpaired) electrons. The van der Waals surface area contributed by atoms with Crippen molar-refractivity contribution in [2.75, 3.05) is 26.1 Å². The Morgan fingerprint density at radius 2 is 1.85 bits per heavy atom. The summed E-state index contributed by atoms with van der Waals surface area (Å²) in [6, 6.07) is 14.7. The molecule has 0 unspecified atom stereocenters. The van der Waals surface area contributed by atoms with Gasteiger partial charge in [0, 0.05) is 36.8 Å². The summed E-state index contributed by atoms with van der Waals surface area (Å²) in [6.45, 7) is 0.467. The van der Waals surface area contributed by atoms with E-state index in [2.05, 4.69) is 20.6 Å². The fourth-order valence-electron chi connectivity index (χ4n) is 3.57. The molecule has 33 heavy (non-hydrogen) atoms. The van der Waals surface area contributed by atoms with Crippen LogP contribution in [0.5, 0.6) is 11.5 Å². The number of carbonyl (C=O) groups is 2. The molecule has 0 saturated heterocycles. The molecular weight excluding hydrogens is 422 g/mol. The van der Waals surface area contributed by atoms with Crippen LogP contribution in [0.4, 0.5) is 5.69 Å². The zero-order chi connectivity index (χ0) is 23.2. The summed E-state index contributed by atoms with van der Waals surface area (Å²) in [7, 11) is 3.18. The number of hydrogen-bond acceptors (Lipinski definition) is 6. The molecule has 0 bridgehead atoms. The smallest absolute Gasteiger partial charge is 0.276 e. The number of aromatic nitrogens is 2. The molecule has 2 N–H and O–H groups in total. The Balaban J connectivity index is 1.40. The van der Waals surface area contributed by atoms with Crippen LogP contribution >= 0.6 is 0 Å². The normalized spacial score (nSPS) is 13.5. The lowest BCUT2D eigenvalue weighted by molar-refractivity contribution is -0.131. The number of nitrogens with zero attached hydrogens (tertiary/aromatic N) is 3. The predicted octanol–water partition coefficient (Wildman–Crippen LogP) is 3.25. The Labute approximate surface area is 191 Å². The number of benzene rings is 2. The number of hydrogen-bond donors (Lipinski definition) is 2. The molecule has 0 atom stereocenters. The standard InChI is InChI=1S/C24H25N5O4/c1-32-21-9-5-17(15-22(21)33-2)19-8-10-23(30)29(28-19)14-12-16-3-6-18(7-4-16)26-24(31)20-11-13-25-27-20/h3-7,9,11,13,15H,8,10,12,14H2,1-2H3,(H,25,27)(H,26,31). The van der Waals surface area contributed by atoms with Crippen LogP contribution in [0.1, 0.15) is 34.5 Å². The fourth-order valence-corrected chi connectivity index (χ4v) is 3.57. The highest BCUT2D eigenvalue weighted by molar-refractivity contribution is 6.04. The first kappa shape index (κ1) is 22.1. The summed E-state index contributed by atoms with van der Waals surface area (Å²) in [5, 5.41) is 15.4. The van der Waals surface area contributed by atoms with E-state index >= 15 is 0 Å². The van der Waals surface area contributed by atoms with E-state index in [1.807, 2.05) is 42.5 Å². The molecule has 170 valence electrons. The molecule has 2 aromatic carbocycles. The van der Waals surface area contributed by atoms with Gasteiger partial charge in [-0.2, -0.15) is 10.2 Å². The van der Waals surface area contributed by atoms with Gasteiger partial charge in [0.2, 0.25) is 5.91 Å². The van der Waals surface area contributed by atoms with E-state index < -0.39 is 0 Å². The summed E-state index contributed by atoms with van der Waals surface area (Å²) in [5.74, 6) is 0.997. The van der Waals surface area contributed by atoms with Crippen LogP contribution in [0.25, 0.3) is 0 Å². The maximum absolute atomic E-state index is 12.4. The molecule has 1 aromatic heterocycles. The highest BCUT2D eigenvalue weighted by Gasteiger charge is 2.22. The highest BCUT2D eigenvalue weighted by atomic mass is 16.5. The van der Waals surface area contributed by atoms with Crippen molar-refractivity contribution in [3.05, 3.63) is 71.5 Å². The molecule has 0 saturated carbocycles. The van der Waals surface area contributed by atoms with Crippen molar-refractivity contribution in [3.63, 3.8) is 0 Å². The number of rotatable bonds is 8. The van der Waals surface area contributed by atoms with E-state index in [9.17, 15) is 9.59 Å². The SMILES string of the molecule is COc1ccc(C2=NN(CCc3ccc(NC(=O)c4cc[nH]n4)cc3)C(=O)CC2)cc1OC. The average Bonchev–Trinajstić information content (AvgIpc) is 3.39. The molecule has 0 fully saturated rings. The average molecular weight is 447 g/mol. The molecular formula is C24H25N5O4. The number of anilines is 1. The predicted molar refractivity (Wildman–Crippen MR) is 124 cm³/mol. The second-order valence-electron chi connectivity index (χ2n) is 7.49. The number of carbonyl (C=O) groups excluding carboxylic acids is 2. The van der Waals surface area contributed by atoms with Crippen molar-refractivity contribution in [2.45, 2.75) is 19.3 Å². The minimum Gasteiger partial charge on any atom is -0.493 e. The highest BCUT2D eigenvalue weighted by Crippen LogP contribution is 2.29.